The van der Waals surface area contributed by atoms with E-state index < -0.39 is 5.41 Å². The molecule has 0 radical (unpaired) electrons. The Kier molecular flexibility index (Phi) is 1.85. The zero-order valence-corrected chi connectivity index (χ0v) is 9.91. The molecular formula is C13H18O3. The van der Waals surface area contributed by atoms with E-state index in [0.29, 0.717) is 12.2 Å². The molecule has 0 N–H and O–H groups in total. The van der Waals surface area contributed by atoms with Crippen LogP contribution < -0.4 is 0 Å². The highest BCUT2D eigenvalue weighted by molar-refractivity contribution is 6.03. The topological polar surface area (TPSA) is 43.4 Å². The van der Waals surface area contributed by atoms with Gasteiger partial charge >= 0.3 is 5.97 Å². The number of rotatable bonds is 1. The largest absolute Gasteiger partial charge is 0.469 e. The van der Waals surface area contributed by atoms with E-state index in [4.69, 9.17) is 4.74 Å². The van der Waals surface area contributed by atoms with E-state index in [1.807, 2.05) is 6.92 Å². The highest BCUT2D eigenvalue weighted by Crippen LogP contribution is 2.82. The van der Waals surface area contributed by atoms with Gasteiger partial charge in [0.2, 0.25) is 0 Å². The van der Waals surface area contributed by atoms with Crippen molar-refractivity contribution < 1.29 is 14.3 Å². The van der Waals surface area contributed by atoms with Gasteiger partial charge in [-0.15, -0.1) is 0 Å². The average Bonchev–Trinajstić information content (AvgIpc) is 2.87. The fourth-order valence-corrected chi connectivity index (χ4v) is 4.92. The molecule has 0 aromatic carbocycles. The SMILES string of the molecule is COC(=O)C12C(C)CC(=O)C13CCCCC32. The predicted octanol–water partition coefficient (Wildman–Crippen LogP) is 1.94. The molecule has 3 nitrogen and oxygen atoms in total. The van der Waals surface area contributed by atoms with Crippen LogP contribution in [0.2, 0.25) is 0 Å². The number of Topliss-reactive ketones (excluding diaryl/α,β-unsaturated/α-hetero) is 1. The lowest BCUT2D eigenvalue weighted by Gasteiger charge is -2.18. The molecule has 0 bridgehead atoms. The molecular weight excluding hydrogens is 204 g/mol. The summed E-state index contributed by atoms with van der Waals surface area (Å²) >= 11 is 0. The van der Waals surface area contributed by atoms with Crippen LogP contribution in [0.5, 0.6) is 0 Å². The maximum atomic E-state index is 12.2. The van der Waals surface area contributed by atoms with Gasteiger partial charge in [-0.3, -0.25) is 9.59 Å². The van der Waals surface area contributed by atoms with E-state index in [-0.39, 0.29) is 23.2 Å². The molecule has 0 heterocycles. The number of ketones is 1. The maximum Gasteiger partial charge on any atom is 0.313 e. The number of fused-ring (bicyclic) bond motifs is 1. The quantitative estimate of drug-likeness (QED) is 0.637. The highest BCUT2D eigenvalue weighted by Gasteiger charge is 2.88. The fraction of sp³-hybridized carbons (Fsp3) is 0.846. The molecule has 3 aliphatic carbocycles. The summed E-state index contributed by atoms with van der Waals surface area (Å²) in [6, 6.07) is 0. The third kappa shape index (κ3) is 0.770. The van der Waals surface area contributed by atoms with E-state index in [1.54, 1.807) is 0 Å². The Labute approximate surface area is 95.5 Å². The van der Waals surface area contributed by atoms with Crippen LogP contribution in [0, 0.1) is 22.7 Å². The second-order valence-corrected chi connectivity index (χ2v) is 5.66. The minimum absolute atomic E-state index is 0.127. The molecule has 0 amide bonds. The first-order chi connectivity index (χ1) is 7.62. The van der Waals surface area contributed by atoms with Crippen molar-refractivity contribution in [1.82, 2.24) is 0 Å². The molecule has 3 fully saturated rings. The Bertz CT molecular complexity index is 375. The van der Waals surface area contributed by atoms with Crippen molar-refractivity contribution in [2.24, 2.45) is 22.7 Å². The number of esters is 1. The maximum absolute atomic E-state index is 12.2. The number of hydrogen-bond acceptors (Lipinski definition) is 3. The summed E-state index contributed by atoms with van der Waals surface area (Å²) in [5.74, 6) is 0.667. The monoisotopic (exact) mass is 222 g/mol. The zero-order valence-electron chi connectivity index (χ0n) is 9.91. The molecule has 1 spiro atoms. The summed E-state index contributed by atoms with van der Waals surface area (Å²) in [5.41, 5.74) is -0.743. The molecule has 3 heteroatoms. The van der Waals surface area contributed by atoms with Gasteiger partial charge in [0.25, 0.3) is 0 Å². The van der Waals surface area contributed by atoms with Crippen LogP contribution in [0.4, 0.5) is 0 Å². The normalized spacial score (nSPS) is 49.5. The average molecular weight is 222 g/mol. The van der Waals surface area contributed by atoms with Crippen LogP contribution in [0.25, 0.3) is 0 Å². The van der Waals surface area contributed by atoms with Crippen molar-refractivity contribution in [3.63, 3.8) is 0 Å². The van der Waals surface area contributed by atoms with Gasteiger partial charge < -0.3 is 4.74 Å². The minimum atomic E-state index is -0.435. The number of carbonyl (C=O) groups is 2. The van der Waals surface area contributed by atoms with Gasteiger partial charge in [-0.1, -0.05) is 19.8 Å². The predicted molar refractivity (Wildman–Crippen MR) is 57.6 cm³/mol. The van der Waals surface area contributed by atoms with Crippen LogP contribution in [-0.2, 0) is 14.3 Å². The Morgan fingerprint density at radius 2 is 2.19 bits per heavy atom. The van der Waals surface area contributed by atoms with Gasteiger partial charge in [0, 0.05) is 11.8 Å². The molecule has 3 saturated carbocycles. The molecule has 0 aromatic rings. The Morgan fingerprint density at radius 1 is 1.44 bits per heavy atom. The Hall–Kier alpha value is -0.860. The lowest BCUT2D eigenvalue weighted by atomic mass is 9.85. The lowest BCUT2D eigenvalue weighted by Crippen LogP contribution is -2.27. The van der Waals surface area contributed by atoms with Crippen molar-refractivity contribution in [2.75, 3.05) is 7.11 Å². The highest BCUT2D eigenvalue weighted by atomic mass is 16.5. The van der Waals surface area contributed by atoms with E-state index in [9.17, 15) is 9.59 Å². The molecule has 4 unspecified atom stereocenters. The van der Waals surface area contributed by atoms with Gasteiger partial charge in [0.1, 0.15) is 5.78 Å². The Morgan fingerprint density at radius 3 is 2.81 bits per heavy atom. The van der Waals surface area contributed by atoms with Crippen molar-refractivity contribution in [1.29, 1.82) is 0 Å². The number of methoxy groups -OCH3 is 1. The van der Waals surface area contributed by atoms with Gasteiger partial charge in [-0.2, -0.15) is 0 Å². The second kappa shape index (κ2) is 2.88. The molecule has 16 heavy (non-hydrogen) atoms. The third-order valence-electron chi connectivity index (χ3n) is 5.40. The summed E-state index contributed by atoms with van der Waals surface area (Å²) in [6.45, 7) is 2.04. The summed E-state index contributed by atoms with van der Waals surface area (Å²) < 4.78 is 4.99. The first kappa shape index (κ1) is 10.3. The lowest BCUT2D eigenvalue weighted by molar-refractivity contribution is -0.150. The number of ether oxygens (including phenoxy) is 1. The van der Waals surface area contributed by atoms with Crippen molar-refractivity contribution in [2.45, 2.75) is 39.0 Å². The summed E-state index contributed by atoms with van der Waals surface area (Å²) in [7, 11) is 1.45. The van der Waals surface area contributed by atoms with E-state index in [2.05, 4.69) is 0 Å². The van der Waals surface area contributed by atoms with Crippen LogP contribution >= 0.6 is 0 Å². The van der Waals surface area contributed by atoms with Crippen molar-refractivity contribution >= 4 is 11.8 Å². The first-order valence-electron chi connectivity index (χ1n) is 6.24. The van der Waals surface area contributed by atoms with Gasteiger partial charge in [-0.05, 0) is 24.7 Å². The van der Waals surface area contributed by atoms with Gasteiger partial charge in [0.15, 0.2) is 0 Å². The smallest absolute Gasteiger partial charge is 0.313 e. The standard InChI is InChI=1S/C13H18O3/c1-8-7-10(14)12-6-4-3-5-9(12)13(8,12)11(15)16-2/h8-9H,3-7H2,1-2H3. The van der Waals surface area contributed by atoms with E-state index >= 15 is 0 Å². The molecule has 0 aliphatic heterocycles. The number of hydrogen-bond donors (Lipinski definition) is 0. The molecule has 4 atom stereocenters. The summed E-state index contributed by atoms with van der Waals surface area (Å²) in [5, 5.41) is 0. The molecule has 3 aliphatic rings. The molecule has 88 valence electrons. The van der Waals surface area contributed by atoms with Crippen LogP contribution in [0.15, 0.2) is 0 Å². The van der Waals surface area contributed by atoms with Crippen molar-refractivity contribution in [3.05, 3.63) is 0 Å². The summed E-state index contributed by atoms with van der Waals surface area (Å²) in [4.78, 5) is 24.3. The Balaban J connectivity index is 2.08. The van der Waals surface area contributed by atoms with Crippen LogP contribution in [-0.4, -0.2) is 18.9 Å². The minimum Gasteiger partial charge on any atom is -0.469 e. The molecule has 0 saturated heterocycles. The van der Waals surface area contributed by atoms with E-state index in [1.165, 1.54) is 7.11 Å². The van der Waals surface area contributed by atoms with Gasteiger partial charge in [-0.25, -0.2) is 0 Å². The molecule has 3 rings (SSSR count). The fourth-order valence-electron chi connectivity index (χ4n) is 4.92. The van der Waals surface area contributed by atoms with Crippen LogP contribution in [0.1, 0.15) is 39.0 Å². The second-order valence-electron chi connectivity index (χ2n) is 5.66. The first-order valence-corrected chi connectivity index (χ1v) is 6.24. The van der Waals surface area contributed by atoms with Crippen LogP contribution in [0.3, 0.4) is 0 Å². The van der Waals surface area contributed by atoms with E-state index in [0.717, 1.165) is 25.7 Å². The molecule has 0 aromatic heterocycles. The third-order valence-corrected chi connectivity index (χ3v) is 5.40. The van der Waals surface area contributed by atoms with Crippen molar-refractivity contribution in [3.8, 4) is 0 Å². The van der Waals surface area contributed by atoms with Gasteiger partial charge in [0.05, 0.1) is 12.5 Å². The zero-order chi connectivity index (χ0) is 11.6. The summed E-state index contributed by atoms with van der Waals surface area (Å²) in [6.07, 6.45) is 4.77. The number of carbonyl (C=O) groups excluding carboxylic acids is 2.